The molecule has 0 saturated carbocycles. The molecule has 2 aromatic rings. The number of rotatable bonds is 4. The smallest absolute Gasteiger partial charge is 0.0393 e. The van der Waals surface area contributed by atoms with Crippen LogP contribution in [-0.2, 0) is 0 Å². The van der Waals surface area contributed by atoms with Gasteiger partial charge in [-0.25, -0.2) is 0 Å². The molecule has 0 spiro atoms. The largest absolute Gasteiger partial charge is 0.303 e. The number of aryl methyl sites for hydroxylation is 2. The average molecular weight is 259 g/mol. The zero-order valence-corrected chi connectivity index (χ0v) is 12.3. The second-order valence-corrected chi connectivity index (χ2v) is 5.94. The zero-order chi connectivity index (χ0) is 13.1. The molecule has 0 aliphatic carbocycles. The Balaban J connectivity index is 2.05. The molecule has 2 atom stereocenters. The van der Waals surface area contributed by atoms with Gasteiger partial charge in [0.25, 0.3) is 0 Å². The van der Waals surface area contributed by atoms with Crippen LogP contribution in [0.2, 0.25) is 0 Å². The van der Waals surface area contributed by atoms with Gasteiger partial charge in [-0.15, -0.1) is 11.3 Å². The van der Waals surface area contributed by atoms with Gasteiger partial charge in [-0.05, 0) is 50.3 Å². The van der Waals surface area contributed by atoms with Crippen LogP contribution in [0.15, 0.2) is 35.7 Å². The van der Waals surface area contributed by atoms with Gasteiger partial charge in [0.1, 0.15) is 0 Å². The van der Waals surface area contributed by atoms with Crippen molar-refractivity contribution in [3.8, 4) is 0 Å². The SMILES string of the molecule is Cc1ccc([C@@H](C)NC(C)c2sccc2C)cc1. The van der Waals surface area contributed by atoms with Crippen molar-refractivity contribution in [1.82, 2.24) is 5.32 Å². The third kappa shape index (κ3) is 3.01. The van der Waals surface area contributed by atoms with Crippen LogP contribution in [0.3, 0.4) is 0 Å². The molecule has 0 saturated heterocycles. The molecule has 2 rings (SSSR count). The third-order valence-corrected chi connectivity index (χ3v) is 4.57. The summed E-state index contributed by atoms with van der Waals surface area (Å²) in [5.74, 6) is 0. The number of hydrogen-bond acceptors (Lipinski definition) is 2. The van der Waals surface area contributed by atoms with Crippen molar-refractivity contribution in [3.63, 3.8) is 0 Å². The minimum Gasteiger partial charge on any atom is -0.303 e. The van der Waals surface area contributed by atoms with Crippen LogP contribution in [0.1, 0.15) is 47.5 Å². The minimum absolute atomic E-state index is 0.377. The van der Waals surface area contributed by atoms with Crippen molar-refractivity contribution in [2.75, 3.05) is 0 Å². The van der Waals surface area contributed by atoms with E-state index < -0.39 is 0 Å². The summed E-state index contributed by atoms with van der Waals surface area (Å²) in [5, 5.41) is 5.84. The quantitative estimate of drug-likeness (QED) is 0.833. The maximum atomic E-state index is 3.67. The molecule has 0 radical (unpaired) electrons. The first-order valence-corrected chi connectivity index (χ1v) is 7.32. The van der Waals surface area contributed by atoms with Gasteiger partial charge in [0.05, 0.1) is 0 Å². The van der Waals surface area contributed by atoms with Gasteiger partial charge < -0.3 is 5.32 Å². The van der Waals surface area contributed by atoms with Crippen molar-refractivity contribution >= 4 is 11.3 Å². The fourth-order valence-electron chi connectivity index (χ4n) is 2.23. The van der Waals surface area contributed by atoms with Crippen LogP contribution in [0.4, 0.5) is 0 Å². The zero-order valence-electron chi connectivity index (χ0n) is 11.5. The molecular formula is C16H21NS. The fraction of sp³-hybridized carbons (Fsp3) is 0.375. The van der Waals surface area contributed by atoms with E-state index in [1.165, 1.54) is 21.6 Å². The Kier molecular flexibility index (Phi) is 4.20. The molecule has 1 aromatic carbocycles. The minimum atomic E-state index is 0.377. The topological polar surface area (TPSA) is 12.0 Å². The van der Waals surface area contributed by atoms with Gasteiger partial charge in [-0.3, -0.25) is 0 Å². The Labute approximate surface area is 114 Å². The van der Waals surface area contributed by atoms with E-state index >= 15 is 0 Å². The van der Waals surface area contributed by atoms with Crippen LogP contribution >= 0.6 is 11.3 Å². The van der Waals surface area contributed by atoms with Gasteiger partial charge in [0, 0.05) is 17.0 Å². The maximum absolute atomic E-state index is 3.67. The van der Waals surface area contributed by atoms with Gasteiger partial charge in [-0.1, -0.05) is 29.8 Å². The summed E-state index contributed by atoms with van der Waals surface area (Å²) >= 11 is 1.83. The van der Waals surface area contributed by atoms with Gasteiger partial charge in [0.15, 0.2) is 0 Å². The standard InChI is InChI=1S/C16H21NS/c1-11-5-7-15(8-6-11)13(3)17-14(4)16-12(2)9-10-18-16/h5-10,13-14,17H,1-4H3/t13-,14?/m1/s1. The molecule has 1 unspecified atom stereocenters. The second-order valence-electron chi connectivity index (χ2n) is 4.99. The first-order valence-electron chi connectivity index (χ1n) is 6.44. The van der Waals surface area contributed by atoms with E-state index in [9.17, 15) is 0 Å². The van der Waals surface area contributed by atoms with Gasteiger partial charge in [-0.2, -0.15) is 0 Å². The van der Waals surface area contributed by atoms with E-state index in [-0.39, 0.29) is 0 Å². The van der Waals surface area contributed by atoms with E-state index in [0.29, 0.717) is 12.1 Å². The lowest BCUT2D eigenvalue weighted by molar-refractivity contribution is 0.499. The van der Waals surface area contributed by atoms with E-state index in [1.807, 2.05) is 11.3 Å². The Bertz CT molecular complexity index is 498. The van der Waals surface area contributed by atoms with Crippen LogP contribution in [0.5, 0.6) is 0 Å². The summed E-state index contributed by atoms with van der Waals surface area (Å²) < 4.78 is 0. The Morgan fingerprint density at radius 1 is 0.944 bits per heavy atom. The molecule has 1 heterocycles. The molecule has 1 aromatic heterocycles. The van der Waals surface area contributed by atoms with Gasteiger partial charge >= 0.3 is 0 Å². The Morgan fingerprint density at radius 2 is 1.61 bits per heavy atom. The molecule has 0 fully saturated rings. The molecule has 0 amide bonds. The van der Waals surface area contributed by atoms with Crippen LogP contribution in [0.25, 0.3) is 0 Å². The summed E-state index contributed by atoms with van der Waals surface area (Å²) in [6.45, 7) is 8.77. The molecule has 0 aliphatic rings. The third-order valence-electron chi connectivity index (χ3n) is 3.37. The number of nitrogens with one attached hydrogen (secondary N) is 1. The molecule has 0 bridgehead atoms. The van der Waals surface area contributed by atoms with Crippen molar-refractivity contribution in [3.05, 3.63) is 57.3 Å². The molecule has 1 N–H and O–H groups in total. The van der Waals surface area contributed by atoms with E-state index in [1.54, 1.807) is 0 Å². The number of benzene rings is 1. The van der Waals surface area contributed by atoms with Crippen LogP contribution < -0.4 is 5.32 Å². The normalized spacial score (nSPS) is 14.4. The van der Waals surface area contributed by atoms with Crippen LogP contribution in [0, 0.1) is 13.8 Å². The Hall–Kier alpha value is -1.12. The molecule has 2 heteroatoms. The van der Waals surface area contributed by atoms with E-state index in [0.717, 1.165) is 0 Å². The van der Waals surface area contributed by atoms with E-state index in [4.69, 9.17) is 0 Å². The lowest BCUT2D eigenvalue weighted by Crippen LogP contribution is -2.22. The van der Waals surface area contributed by atoms with Crippen molar-refractivity contribution in [1.29, 1.82) is 0 Å². The summed E-state index contributed by atoms with van der Waals surface area (Å²) in [6.07, 6.45) is 0. The predicted octanol–water partition coefficient (Wildman–Crippen LogP) is 4.78. The average Bonchev–Trinajstić information content (AvgIpc) is 2.76. The van der Waals surface area contributed by atoms with Crippen molar-refractivity contribution < 1.29 is 0 Å². The van der Waals surface area contributed by atoms with Crippen molar-refractivity contribution in [2.45, 2.75) is 39.8 Å². The highest BCUT2D eigenvalue weighted by Gasteiger charge is 2.13. The fourth-order valence-corrected chi connectivity index (χ4v) is 3.17. The highest BCUT2D eigenvalue weighted by molar-refractivity contribution is 7.10. The lowest BCUT2D eigenvalue weighted by atomic mass is 10.1. The molecule has 18 heavy (non-hydrogen) atoms. The highest BCUT2D eigenvalue weighted by atomic mass is 32.1. The van der Waals surface area contributed by atoms with Crippen LogP contribution in [-0.4, -0.2) is 0 Å². The summed E-state index contributed by atoms with van der Waals surface area (Å²) in [4.78, 5) is 1.44. The molecule has 0 aliphatic heterocycles. The monoisotopic (exact) mass is 259 g/mol. The first-order chi connectivity index (χ1) is 8.58. The van der Waals surface area contributed by atoms with Gasteiger partial charge in [0.2, 0.25) is 0 Å². The number of thiophene rings is 1. The lowest BCUT2D eigenvalue weighted by Gasteiger charge is -2.20. The number of hydrogen-bond donors (Lipinski definition) is 1. The summed E-state index contributed by atoms with van der Waals surface area (Å²) in [6, 6.07) is 11.7. The second kappa shape index (κ2) is 5.68. The maximum Gasteiger partial charge on any atom is 0.0393 e. The molecular weight excluding hydrogens is 238 g/mol. The molecule has 1 nitrogen and oxygen atoms in total. The first kappa shape index (κ1) is 13.3. The predicted molar refractivity (Wildman–Crippen MR) is 80.2 cm³/mol. The van der Waals surface area contributed by atoms with Crippen molar-refractivity contribution in [2.24, 2.45) is 0 Å². The van der Waals surface area contributed by atoms with E-state index in [2.05, 4.69) is 68.7 Å². The highest BCUT2D eigenvalue weighted by Crippen LogP contribution is 2.26. The summed E-state index contributed by atoms with van der Waals surface area (Å²) in [7, 11) is 0. The molecule has 96 valence electrons. The summed E-state index contributed by atoms with van der Waals surface area (Å²) in [5.41, 5.74) is 4.05. The Morgan fingerprint density at radius 3 is 2.17 bits per heavy atom.